The Morgan fingerprint density at radius 2 is 1.95 bits per heavy atom. The number of ether oxygens (including phenoxy) is 1. The van der Waals surface area contributed by atoms with Crippen LogP contribution in [0.2, 0.25) is 0 Å². The van der Waals surface area contributed by atoms with Gasteiger partial charge in [-0.1, -0.05) is 0 Å². The van der Waals surface area contributed by atoms with E-state index in [4.69, 9.17) is 15.6 Å². The third-order valence-corrected chi connectivity index (χ3v) is 3.97. The fourth-order valence-corrected chi connectivity index (χ4v) is 2.86. The van der Waals surface area contributed by atoms with Gasteiger partial charge < -0.3 is 20.5 Å². The van der Waals surface area contributed by atoms with Gasteiger partial charge >= 0.3 is 5.97 Å². The van der Waals surface area contributed by atoms with E-state index in [1.807, 2.05) is 0 Å². The number of nitrogens with two attached hydrogens (primary N) is 1. The lowest BCUT2D eigenvalue weighted by Gasteiger charge is -2.36. The number of carboxylic acid groups (broad SMARTS) is 1. The van der Waals surface area contributed by atoms with Gasteiger partial charge in [0.1, 0.15) is 0 Å². The molecule has 0 bridgehead atoms. The first-order valence-corrected chi connectivity index (χ1v) is 6.94. The van der Waals surface area contributed by atoms with Gasteiger partial charge in [0.25, 0.3) is 0 Å². The average Bonchev–Trinajstić information content (AvgIpc) is 2.38. The zero-order valence-electron chi connectivity index (χ0n) is 11.1. The molecule has 0 spiro atoms. The van der Waals surface area contributed by atoms with Gasteiger partial charge in [0.2, 0.25) is 5.91 Å². The lowest BCUT2D eigenvalue weighted by molar-refractivity contribution is -0.150. The van der Waals surface area contributed by atoms with Crippen molar-refractivity contribution in [3.63, 3.8) is 0 Å². The molecule has 1 aliphatic carbocycles. The summed E-state index contributed by atoms with van der Waals surface area (Å²) in [5.74, 6) is -0.683. The minimum atomic E-state index is -0.886. The van der Waals surface area contributed by atoms with Crippen molar-refractivity contribution in [1.82, 2.24) is 4.90 Å². The first-order chi connectivity index (χ1) is 9.06. The quantitative estimate of drug-likeness (QED) is 0.764. The number of carboxylic acids is 1. The van der Waals surface area contributed by atoms with Crippen LogP contribution >= 0.6 is 0 Å². The van der Waals surface area contributed by atoms with Crippen LogP contribution in [0, 0.1) is 5.92 Å². The Morgan fingerprint density at radius 1 is 1.26 bits per heavy atom. The monoisotopic (exact) mass is 270 g/mol. The number of aliphatic carboxylic acids is 1. The van der Waals surface area contributed by atoms with Gasteiger partial charge in [0.15, 0.2) is 0 Å². The normalized spacial score (nSPS) is 32.1. The molecule has 1 aliphatic heterocycles. The summed E-state index contributed by atoms with van der Waals surface area (Å²) in [6.45, 7) is 1.39. The molecule has 6 nitrogen and oxygen atoms in total. The maximum Gasteiger partial charge on any atom is 0.306 e. The van der Waals surface area contributed by atoms with Crippen molar-refractivity contribution in [1.29, 1.82) is 0 Å². The summed E-state index contributed by atoms with van der Waals surface area (Å²) in [6.07, 6.45) is 3.08. The molecule has 6 heteroatoms. The molecule has 1 saturated heterocycles. The minimum absolute atomic E-state index is 0.0423. The van der Waals surface area contributed by atoms with Gasteiger partial charge in [0, 0.05) is 25.0 Å². The Kier molecular flexibility index (Phi) is 4.76. The molecule has 1 heterocycles. The summed E-state index contributed by atoms with van der Waals surface area (Å²) in [4.78, 5) is 24.8. The predicted octanol–water partition coefficient (Wildman–Crippen LogP) is 0.206. The van der Waals surface area contributed by atoms with Crippen LogP contribution in [0.25, 0.3) is 0 Å². The zero-order chi connectivity index (χ0) is 13.8. The standard InChI is InChI=1S/C13H22N2O4/c14-10-3-1-9(2-4-10)13(18)15-5-6-19-11(8-15)7-12(16)17/h9-11H,1-8,14H2,(H,16,17). The van der Waals surface area contributed by atoms with E-state index in [1.54, 1.807) is 4.90 Å². The maximum absolute atomic E-state index is 12.4. The van der Waals surface area contributed by atoms with Crippen LogP contribution < -0.4 is 5.73 Å². The van der Waals surface area contributed by atoms with E-state index in [-0.39, 0.29) is 30.4 Å². The highest BCUT2D eigenvalue weighted by molar-refractivity contribution is 5.79. The number of carbonyl (C=O) groups excluding carboxylic acids is 1. The van der Waals surface area contributed by atoms with Crippen LogP contribution in [0.5, 0.6) is 0 Å². The fourth-order valence-electron chi connectivity index (χ4n) is 2.86. The molecule has 2 fully saturated rings. The topological polar surface area (TPSA) is 92.9 Å². The first-order valence-electron chi connectivity index (χ1n) is 6.94. The molecule has 19 heavy (non-hydrogen) atoms. The number of morpholine rings is 1. The van der Waals surface area contributed by atoms with E-state index in [2.05, 4.69) is 0 Å². The smallest absolute Gasteiger partial charge is 0.306 e. The first kappa shape index (κ1) is 14.3. The SMILES string of the molecule is NC1CCC(C(=O)N2CCOC(CC(=O)O)C2)CC1. The van der Waals surface area contributed by atoms with E-state index in [1.165, 1.54) is 0 Å². The summed E-state index contributed by atoms with van der Waals surface area (Å²) < 4.78 is 5.38. The number of nitrogens with zero attached hydrogens (tertiary/aromatic N) is 1. The van der Waals surface area contributed by atoms with Gasteiger partial charge in [-0.3, -0.25) is 9.59 Å². The van der Waals surface area contributed by atoms with Crippen LogP contribution in [0.3, 0.4) is 0 Å². The average molecular weight is 270 g/mol. The Bertz CT molecular complexity index is 340. The highest BCUT2D eigenvalue weighted by atomic mass is 16.5. The van der Waals surface area contributed by atoms with Crippen molar-refractivity contribution in [3.05, 3.63) is 0 Å². The number of amides is 1. The molecular weight excluding hydrogens is 248 g/mol. The number of carbonyl (C=O) groups is 2. The Labute approximate surface area is 112 Å². The third-order valence-electron chi connectivity index (χ3n) is 3.97. The molecule has 0 aromatic heterocycles. The summed E-state index contributed by atoms with van der Waals surface area (Å²) in [5, 5.41) is 8.77. The second-order valence-electron chi connectivity index (χ2n) is 5.49. The van der Waals surface area contributed by atoms with Crippen LogP contribution in [-0.2, 0) is 14.3 Å². The van der Waals surface area contributed by atoms with Crippen molar-refractivity contribution in [2.45, 2.75) is 44.2 Å². The minimum Gasteiger partial charge on any atom is -0.481 e. The molecule has 3 N–H and O–H groups in total. The zero-order valence-corrected chi connectivity index (χ0v) is 11.1. The lowest BCUT2D eigenvalue weighted by atomic mass is 9.85. The molecule has 0 radical (unpaired) electrons. The highest BCUT2D eigenvalue weighted by Crippen LogP contribution is 2.25. The molecule has 2 aliphatic rings. The summed E-state index contributed by atoms with van der Waals surface area (Å²) in [5.41, 5.74) is 5.84. The molecule has 0 aromatic carbocycles. The number of hydrogen-bond acceptors (Lipinski definition) is 4. The maximum atomic E-state index is 12.4. The van der Waals surface area contributed by atoms with Crippen molar-refractivity contribution >= 4 is 11.9 Å². The van der Waals surface area contributed by atoms with Crippen molar-refractivity contribution in [2.24, 2.45) is 11.7 Å². The third kappa shape index (κ3) is 3.91. The number of hydrogen-bond donors (Lipinski definition) is 2. The van der Waals surface area contributed by atoms with Crippen molar-refractivity contribution < 1.29 is 19.4 Å². The van der Waals surface area contributed by atoms with E-state index >= 15 is 0 Å². The Hall–Kier alpha value is -1.14. The second-order valence-corrected chi connectivity index (χ2v) is 5.49. The molecule has 0 aromatic rings. The summed E-state index contributed by atoms with van der Waals surface area (Å²) in [7, 11) is 0. The summed E-state index contributed by atoms with van der Waals surface area (Å²) >= 11 is 0. The van der Waals surface area contributed by atoms with Gasteiger partial charge in [-0.2, -0.15) is 0 Å². The molecule has 1 unspecified atom stereocenters. The summed E-state index contributed by atoms with van der Waals surface area (Å²) in [6, 6.07) is 0.230. The van der Waals surface area contributed by atoms with Crippen LogP contribution in [0.4, 0.5) is 0 Å². The van der Waals surface area contributed by atoms with Crippen LogP contribution in [0.15, 0.2) is 0 Å². The van der Waals surface area contributed by atoms with E-state index in [0.717, 1.165) is 25.7 Å². The van der Waals surface area contributed by atoms with E-state index in [0.29, 0.717) is 19.7 Å². The fraction of sp³-hybridized carbons (Fsp3) is 0.846. The van der Waals surface area contributed by atoms with Crippen molar-refractivity contribution in [3.8, 4) is 0 Å². The number of rotatable bonds is 3. The van der Waals surface area contributed by atoms with Gasteiger partial charge in [-0.05, 0) is 25.7 Å². The van der Waals surface area contributed by atoms with Crippen LogP contribution in [0.1, 0.15) is 32.1 Å². The van der Waals surface area contributed by atoms with E-state index < -0.39 is 5.97 Å². The Morgan fingerprint density at radius 3 is 2.58 bits per heavy atom. The van der Waals surface area contributed by atoms with Gasteiger partial charge in [0.05, 0.1) is 19.1 Å². The Balaban J connectivity index is 1.86. The molecule has 108 valence electrons. The largest absolute Gasteiger partial charge is 0.481 e. The molecular formula is C13H22N2O4. The molecule has 1 atom stereocenters. The molecule has 1 saturated carbocycles. The van der Waals surface area contributed by atoms with Crippen molar-refractivity contribution in [2.75, 3.05) is 19.7 Å². The predicted molar refractivity (Wildman–Crippen MR) is 68.5 cm³/mol. The van der Waals surface area contributed by atoms with Gasteiger partial charge in [-0.25, -0.2) is 0 Å². The second kappa shape index (κ2) is 6.34. The lowest BCUT2D eigenvalue weighted by Crippen LogP contribution is -2.49. The highest BCUT2D eigenvalue weighted by Gasteiger charge is 2.32. The van der Waals surface area contributed by atoms with E-state index in [9.17, 15) is 9.59 Å². The van der Waals surface area contributed by atoms with Crippen LogP contribution in [-0.4, -0.2) is 53.7 Å². The van der Waals surface area contributed by atoms with Gasteiger partial charge in [-0.15, -0.1) is 0 Å². The molecule has 2 rings (SSSR count). The molecule has 1 amide bonds.